The van der Waals surface area contributed by atoms with Crippen LogP contribution in [0.15, 0.2) is 82.5 Å². The van der Waals surface area contributed by atoms with Crippen molar-refractivity contribution in [3.63, 3.8) is 0 Å². The Balaban J connectivity index is 1.76. The highest BCUT2D eigenvalue weighted by atomic mass is 32.2. The van der Waals surface area contributed by atoms with Gasteiger partial charge in [0.05, 0.1) is 36.2 Å². The van der Waals surface area contributed by atoms with E-state index in [4.69, 9.17) is 9.47 Å². The zero-order chi connectivity index (χ0) is 28.3. The summed E-state index contributed by atoms with van der Waals surface area (Å²) in [5, 5.41) is 2.64. The van der Waals surface area contributed by atoms with Gasteiger partial charge in [-0.15, -0.1) is 0 Å². The number of anilines is 2. The SMILES string of the molecule is COc1ccc(OC)c(N(CC(=O)Nc2c(C)n(C)n(-c3ccccc3)c2=O)S(=O)(=O)c2ccc(C)cc2)c1. The molecule has 0 unspecified atom stereocenters. The van der Waals surface area contributed by atoms with Crippen molar-refractivity contribution in [2.24, 2.45) is 7.05 Å². The van der Waals surface area contributed by atoms with Gasteiger partial charge in [0.15, 0.2) is 0 Å². The Kier molecular flexibility index (Phi) is 7.82. The maximum Gasteiger partial charge on any atom is 0.295 e. The molecule has 1 amide bonds. The van der Waals surface area contributed by atoms with E-state index in [0.717, 1.165) is 9.87 Å². The molecule has 0 aliphatic carbocycles. The predicted molar refractivity (Wildman–Crippen MR) is 150 cm³/mol. The van der Waals surface area contributed by atoms with Crippen LogP contribution in [0.1, 0.15) is 11.3 Å². The molecule has 1 aromatic heterocycles. The Morgan fingerprint density at radius 2 is 1.62 bits per heavy atom. The van der Waals surface area contributed by atoms with Crippen LogP contribution in [0.3, 0.4) is 0 Å². The number of amides is 1. The lowest BCUT2D eigenvalue weighted by Crippen LogP contribution is -2.39. The molecule has 3 aromatic carbocycles. The van der Waals surface area contributed by atoms with Crippen molar-refractivity contribution in [1.29, 1.82) is 0 Å². The standard InChI is InChI=1S/C28H30N4O6S/c1-19-11-14-23(15-12-19)39(35,36)31(24-17-22(37-4)13-16-25(24)38-5)18-26(33)29-27-20(2)30(3)32(28(27)34)21-9-7-6-8-10-21/h6-17H,18H2,1-5H3,(H,29,33). The van der Waals surface area contributed by atoms with E-state index in [1.54, 1.807) is 67.2 Å². The van der Waals surface area contributed by atoms with Gasteiger partial charge in [0.2, 0.25) is 5.91 Å². The minimum atomic E-state index is -4.23. The number of benzene rings is 3. The van der Waals surface area contributed by atoms with Crippen LogP contribution in [0, 0.1) is 13.8 Å². The molecule has 1 heterocycles. The van der Waals surface area contributed by atoms with Gasteiger partial charge in [0, 0.05) is 13.1 Å². The summed E-state index contributed by atoms with van der Waals surface area (Å²) in [6, 6.07) is 20.0. The Morgan fingerprint density at radius 3 is 2.23 bits per heavy atom. The fourth-order valence-electron chi connectivity index (χ4n) is 4.15. The number of aromatic nitrogens is 2. The number of sulfonamides is 1. The van der Waals surface area contributed by atoms with Gasteiger partial charge in [-0.2, -0.15) is 0 Å². The van der Waals surface area contributed by atoms with Gasteiger partial charge in [-0.25, -0.2) is 13.1 Å². The van der Waals surface area contributed by atoms with Crippen molar-refractivity contribution in [2.45, 2.75) is 18.7 Å². The van der Waals surface area contributed by atoms with E-state index in [1.807, 2.05) is 13.0 Å². The number of nitrogens with one attached hydrogen (secondary N) is 1. The molecule has 0 aliphatic heterocycles. The highest BCUT2D eigenvalue weighted by Gasteiger charge is 2.31. The molecule has 0 saturated heterocycles. The first-order chi connectivity index (χ1) is 18.6. The first-order valence-corrected chi connectivity index (χ1v) is 13.5. The van der Waals surface area contributed by atoms with Crippen molar-refractivity contribution in [2.75, 3.05) is 30.4 Å². The molecule has 204 valence electrons. The Bertz CT molecular complexity index is 1660. The fourth-order valence-corrected chi connectivity index (χ4v) is 5.57. The number of ether oxygens (including phenoxy) is 2. The van der Waals surface area contributed by atoms with E-state index in [0.29, 0.717) is 17.1 Å². The molecule has 0 aliphatic rings. The maximum absolute atomic E-state index is 13.9. The van der Waals surface area contributed by atoms with Gasteiger partial charge in [-0.05, 0) is 50.2 Å². The molecule has 1 N–H and O–H groups in total. The first kappa shape index (κ1) is 27.5. The second-order valence-electron chi connectivity index (χ2n) is 8.85. The molecule has 4 rings (SSSR count). The molecule has 0 radical (unpaired) electrons. The van der Waals surface area contributed by atoms with E-state index in [9.17, 15) is 18.0 Å². The van der Waals surface area contributed by atoms with Crippen LogP contribution in [0.25, 0.3) is 5.69 Å². The van der Waals surface area contributed by atoms with Crippen LogP contribution in [-0.2, 0) is 21.9 Å². The zero-order valence-electron chi connectivity index (χ0n) is 22.3. The van der Waals surface area contributed by atoms with Gasteiger partial charge in [0.1, 0.15) is 23.7 Å². The summed E-state index contributed by atoms with van der Waals surface area (Å²) in [6.07, 6.45) is 0. The summed E-state index contributed by atoms with van der Waals surface area (Å²) in [4.78, 5) is 26.7. The zero-order valence-corrected chi connectivity index (χ0v) is 23.2. The van der Waals surface area contributed by atoms with Crippen LogP contribution in [0.4, 0.5) is 11.4 Å². The van der Waals surface area contributed by atoms with Gasteiger partial charge >= 0.3 is 0 Å². The molecule has 0 bridgehead atoms. The van der Waals surface area contributed by atoms with Crippen LogP contribution < -0.4 is 24.7 Å². The lowest BCUT2D eigenvalue weighted by atomic mass is 10.2. The summed E-state index contributed by atoms with van der Waals surface area (Å²) in [5.41, 5.74) is 1.73. The third kappa shape index (κ3) is 5.39. The Morgan fingerprint density at radius 1 is 0.949 bits per heavy atom. The summed E-state index contributed by atoms with van der Waals surface area (Å²) in [7, 11) is 0.325. The molecular formula is C28H30N4O6S. The predicted octanol–water partition coefficient (Wildman–Crippen LogP) is 3.64. The normalized spacial score (nSPS) is 11.2. The smallest absolute Gasteiger partial charge is 0.295 e. The number of carbonyl (C=O) groups excluding carboxylic acids is 1. The Labute approximate surface area is 227 Å². The average molecular weight is 551 g/mol. The topological polar surface area (TPSA) is 112 Å². The molecule has 0 atom stereocenters. The van der Waals surface area contributed by atoms with Gasteiger partial charge < -0.3 is 14.8 Å². The largest absolute Gasteiger partial charge is 0.497 e. The van der Waals surface area contributed by atoms with Crippen molar-refractivity contribution in [1.82, 2.24) is 9.36 Å². The first-order valence-electron chi connectivity index (χ1n) is 12.0. The minimum Gasteiger partial charge on any atom is -0.497 e. The van der Waals surface area contributed by atoms with Crippen LogP contribution in [0.2, 0.25) is 0 Å². The van der Waals surface area contributed by atoms with Gasteiger partial charge in [-0.1, -0.05) is 35.9 Å². The maximum atomic E-state index is 13.9. The molecule has 39 heavy (non-hydrogen) atoms. The monoisotopic (exact) mass is 550 g/mol. The molecular weight excluding hydrogens is 520 g/mol. The van der Waals surface area contributed by atoms with E-state index in [1.165, 1.54) is 37.1 Å². The highest BCUT2D eigenvalue weighted by Crippen LogP contribution is 2.35. The molecule has 0 spiro atoms. The van der Waals surface area contributed by atoms with E-state index in [2.05, 4.69) is 5.32 Å². The third-order valence-corrected chi connectivity index (χ3v) is 8.14. The summed E-state index contributed by atoms with van der Waals surface area (Å²) >= 11 is 0. The number of nitrogens with zero attached hydrogens (tertiary/aromatic N) is 3. The fraction of sp³-hybridized carbons (Fsp3) is 0.214. The summed E-state index contributed by atoms with van der Waals surface area (Å²) in [6.45, 7) is 2.92. The number of aryl methyl sites for hydroxylation is 1. The van der Waals surface area contributed by atoms with Crippen molar-refractivity contribution in [3.8, 4) is 17.2 Å². The molecule has 0 saturated carbocycles. The van der Waals surface area contributed by atoms with E-state index in [-0.39, 0.29) is 22.0 Å². The van der Waals surface area contributed by atoms with Gasteiger partial charge in [0.25, 0.3) is 15.6 Å². The van der Waals surface area contributed by atoms with E-state index < -0.39 is 28.0 Å². The van der Waals surface area contributed by atoms with Crippen LogP contribution in [-0.4, -0.2) is 44.5 Å². The Hall–Kier alpha value is -4.51. The second kappa shape index (κ2) is 11.1. The number of hydrogen-bond donors (Lipinski definition) is 1. The summed E-state index contributed by atoms with van der Waals surface area (Å²) < 4.78 is 42.4. The van der Waals surface area contributed by atoms with Crippen LogP contribution >= 0.6 is 0 Å². The molecule has 10 nitrogen and oxygen atoms in total. The third-order valence-electron chi connectivity index (χ3n) is 6.37. The van der Waals surface area contributed by atoms with E-state index >= 15 is 0 Å². The number of methoxy groups -OCH3 is 2. The lowest BCUT2D eigenvalue weighted by Gasteiger charge is -2.26. The lowest BCUT2D eigenvalue weighted by molar-refractivity contribution is -0.114. The quantitative estimate of drug-likeness (QED) is 0.341. The van der Waals surface area contributed by atoms with Crippen molar-refractivity contribution in [3.05, 3.63) is 94.4 Å². The van der Waals surface area contributed by atoms with Crippen molar-refractivity contribution < 1.29 is 22.7 Å². The molecule has 11 heteroatoms. The highest BCUT2D eigenvalue weighted by molar-refractivity contribution is 7.92. The number of para-hydroxylation sites is 1. The number of rotatable bonds is 9. The average Bonchev–Trinajstić information content (AvgIpc) is 3.14. The number of carbonyl (C=O) groups is 1. The van der Waals surface area contributed by atoms with Gasteiger partial charge in [-0.3, -0.25) is 18.6 Å². The van der Waals surface area contributed by atoms with Crippen LogP contribution in [0.5, 0.6) is 11.5 Å². The minimum absolute atomic E-state index is 0.00639. The summed E-state index contributed by atoms with van der Waals surface area (Å²) in [5.74, 6) is -0.108. The molecule has 0 fully saturated rings. The number of hydrogen-bond acceptors (Lipinski definition) is 6. The second-order valence-corrected chi connectivity index (χ2v) is 10.7. The molecule has 4 aromatic rings. The van der Waals surface area contributed by atoms with Crippen molar-refractivity contribution >= 4 is 27.3 Å².